The van der Waals surface area contributed by atoms with Gasteiger partial charge in [0.2, 0.25) is 0 Å². The smallest absolute Gasteiger partial charge is 0.259 e. The van der Waals surface area contributed by atoms with Crippen molar-refractivity contribution >= 4 is 17.8 Å². The van der Waals surface area contributed by atoms with Gasteiger partial charge in [0.15, 0.2) is 0 Å². The van der Waals surface area contributed by atoms with Crippen LogP contribution in [0.1, 0.15) is 18.1 Å². The molecule has 0 aromatic heterocycles. The SMILES string of the molecule is CCOc1ccc(/C=N\NC(=O)CNc2ccc(C)cc2)c(O)c1. The molecule has 6 heteroatoms. The summed E-state index contributed by atoms with van der Waals surface area (Å²) in [5.74, 6) is 0.340. The Hall–Kier alpha value is -3.02. The number of phenols is 1. The number of benzene rings is 2. The largest absolute Gasteiger partial charge is 0.507 e. The van der Waals surface area contributed by atoms with Gasteiger partial charge in [0.1, 0.15) is 11.5 Å². The number of amides is 1. The standard InChI is InChI=1S/C18H21N3O3/c1-3-24-16-9-6-14(17(22)10-16)11-20-21-18(23)12-19-15-7-4-13(2)5-8-15/h4-11,19,22H,3,12H2,1-2H3,(H,21,23)/b20-11-. The van der Waals surface area contributed by atoms with Gasteiger partial charge >= 0.3 is 0 Å². The first-order chi connectivity index (χ1) is 11.6. The van der Waals surface area contributed by atoms with E-state index in [1.165, 1.54) is 12.3 Å². The number of aromatic hydroxyl groups is 1. The number of carbonyl (C=O) groups is 1. The van der Waals surface area contributed by atoms with E-state index in [1.54, 1.807) is 12.1 Å². The van der Waals surface area contributed by atoms with Crippen LogP contribution >= 0.6 is 0 Å². The highest BCUT2D eigenvalue weighted by molar-refractivity contribution is 5.86. The van der Waals surface area contributed by atoms with E-state index >= 15 is 0 Å². The third-order valence-corrected chi connectivity index (χ3v) is 3.21. The molecule has 0 fully saturated rings. The second kappa shape index (κ2) is 8.57. The third-order valence-electron chi connectivity index (χ3n) is 3.21. The number of hydrogen-bond donors (Lipinski definition) is 3. The van der Waals surface area contributed by atoms with E-state index in [0.717, 1.165) is 11.3 Å². The lowest BCUT2D eigenvalue weighted by Crippen LogP contribution is -2.25. The molecule has 1 amide bonds. The molecule has 0 spiro atoms. The van der Waals surface area contributed by atoms with Gasteiger partial charge in [-0.3, -0.25) is 4.79 Å². The Balaban J connectivity index is 1.82. The second-order valence-corrected chi connectivity index (χ2v) is 5.17. The Labute approximate surface area is 141 Å². The van der Waals surface area contributed by atoms with Crippen LogP contribution in [0.2, 0.25) is 0 Å². The van der Waals surface area contributed by atoms with E-state index in [4.69, 9.17) is 4.74 Å². The summed E-state index contributed by atoms with van der Waals surface area (Å²) in [6.07, 6.45) is 1.38. The van der Waals surface area contributed by atoms with Gasteiger partial charge in [-0.15, -0.1) is 0 Å². The van der Waals surface area contributed by atoms with Gasteiger partial charge in [0, 0.05) is 17.3 Å². The number of ether oxygens (including phenoxy) is 1. The normalized spacial score (nSPS) is 10.6. The molecule has 0 atom stereocenters. The fourth-order valence-corrected chi connectivity index (χ4v) is 1.96. The maximum absolute atomic E-state index is 11.7. The molecule has 2 aromatic carbocycles. The number of nitrogens with zero attached hydrogens (tertiary/aromatic N) is 1. The summed E-state index contributed by atoms with van der Waals surface area (Å²) >= 11 is 0. The molecule has 0 radical (unpaired) electrons. The fourth-order valence-electron chi connectivity index (χ4n) is 1.96. The van der Waals surface area contributed by atoms with Gasteiger partial charge in [-0.1, -0.05) is 17.7 Å². The van der Waals surface area contributed by atoms with E-state index in [-0.39, 0.29) is 18.2 Å². The number of rotatable bonds is 7. The Morgan fingerprint density at radius 3 is 2.67 bits per heavy atom. The van der Waals surface area contributed by atoms with Gasteiger partial charge in [0.25, 0.3) is 5.91 Å². The highest BCUT2D eigenvalue weighted by atomic mass is 16.5. The first-order valence-electron chi connectivity index (χ1n) is 7.66. The van der Waals surface area contributed by atoms with Crippen LogP contribution in [-0.4, -0.2) is 30.4 Å². The highest BCUT2D eigenvalue weighted by Gasteiger charge is 2.02. The van der Waals surface area contributed by atoms with E-state index in [1.807, 2.05) is 38.1 Å². The second-order valence-electron chi connectivity index (χ2n) is 5.17. The van der Waals surface area contributed by atoms with Crippen molar-refractivity contribution in [2.45, 2.75) is 13.8 Å². The Morgan fingerprint density at radius 2 is 2.00 bits per heavy atom. The van der Waals surface area contributed by atoms with Crippen LogP contribution in [0.4, 0.5) is 5.69 Å². The van der Waals surface area contributed by atoms with Crippen molar-refractivity contribution in [3.05, 3.63) is 53.6 Å². The molecule has 0 saturated heterocycles. The Morgan fingerprint density at radius 1 is 1.25 bits per heavy atom. The topological polar surface area (TPSA) is 83.0 Å². The number of aryl methyl sites for hydroxylation is 1. The van der Waals surface area contributed by atoms with Crippen LogP contribution in [0.25, 0.3) is 0 Å². The molecule has 0 bridgehead atoms. The number of hydrazone groups is 1. The van der Waals surface area contributed by atoms with Crippen molar-refractivity contribution in [1.82, 2.24) is 5.43 Å². The number of anilines is 1. The molecule has 0 unspecified atom stereocenters. The summed E-state index contributed by atoms with van der Waals surface area (Å²) in [6, 6.07) is 12.6. The van der Waals surface area contributed by atoms with Crippen molar-refractivity contribution < 1.29 is 14.6 Å². The first-order valence-corrected chi connectivity index (χ1v) is 7.66. The minimum absolute atomic E-state index is 0.0386. The van der Waals surface area contributed by atoms with Crippen LogP contribution < -0.4 is 15.5 Å². The molecule has 0 aliphatic heterocycles. The van der Waals surface area contributed by atoms with E-state index < -0.39 is 0 Å². The fraction of sp³-hybridized carbons (Fsp3) is 0.222. The van der Waals surface area contributed by atoms with Gasteiger partial charge < -0.3 is 15.2 Å². The predicted octanol–water partition coefficient (Wildman–Crippen LogP) is 2.66. The number of carbonyl (C=O) groups excluding carboxylic acids is 1. The summed E-state index contributed by atoms with van der Waals surface area (Å²) in [4.78, 5) is 11.7. The average molecular weight is 327 g/mol. The number of phenolic OH excluding ortho intramolecular Hbond substituents is 1. The van der Waals surface area contributed by atoms with E-state index in [9.17, 15) is 9.90 Å². The van der Waals surface area contributed by atoms with Crippen LogP contribution in [0, 0.1) is 6.92 Å². The maximum Gasteiger partial charge on any atom is 0.259 e. The molecule has 2 rings (SSSR count). The van der Waals surface area contributed by atoms with Crippen molar-refractivity contribution in [2.75, 3.05) is 18.5 Å². The Bertz CT molecular complexity index is 712. The van der Waals surface area contributed by atoms with Crippen molar-refractivity contribution in [2.24, 2.45) is 5.10 Å². The molecule has 2 aromatic rings. The quantitative estimate of drug-likeness (QED) is 0.539. The lowest BCUT2D eigenvalue weighted by atomic mass is 10.2. The molecule has 6 nitrogen and oxygen atoms in total. The number of hydrogen-bond acceptors (Lipinski definition) is 5. The summed E-state index contributed by atoms with van der Waals surface area (Å²) in [7, 11) is 0. The summed E-state index contributed by atoms with van der Waals surface area (Å²) in [5, 5.41) is 16.7. The van der Waals surface area contributed by atoms with Crippen LogP contribution in [0.5, 0.6) is 11.5 Å². The van der Waals surface area contributed by atoms with Crippen molar-refractivity contribution in [3.63, 3.8) is 0 Å². The zero-order chi connectivity index (χ0) is 17.4. The molecule has 0 heterocycles. The molecule has 24 heavy (non-hydrogen) atoms. The molecular weight excluding hydrogens is 306 g/mol. The van der Waals surface area contributed by atoms with Crippen LogP contribution in [0.15, 0.2) is 47.6 Å². The molecular formula is C18H21N3O3. The molecule has 126 valence electrons. The minimum atomic E-state index is -0.280. The lowest BCUT2D eigenvalue weighted by Gasteiger charge is -2.06. The summed E-state index contributed by atoms with van der Waals surface area (Å²) in [5.41, 5.74) is 4.92. The zero-order valence-corrected chi connectivity index (χ0v) is 13.7. The van der Waals surface area contributed by atoms with Crippen molar-refractivity contribution in [1.29, 1.82) is 0 Å². The van der Waals surface area contributed by atoms with Gasteiger partial charge in [0.05, 0.1) is 19.4 Å². The summed E-state index contributed by atoms with van der Waals surface area (Å²) in [6.45, 7) is 4.50. The van der Waals surface area contributed by atoms with E-state index in [2.05, 4.69) is 15.8 Å². The first kappa shape index (κ1) is 17.3. The molecule has 0 aliphatic carbocycles. The minimum Gasteiger partial charge on any atom is -0.507 e. The van der Waals surface area contributed by atoms with Gasteiger partial charge in [-0.2, -0.15) is 5.10 Å². The molecule has 3 N–H and O–H groups in total. The Kier molecular flexibility index (Phi) is 6.19. The monoisotopic (exact) mass is 327 g/mol. The van der Waals surface area contributed by atoms with Gasteiger partial charge in [-0.25, -0.2) is 5.43 Å². The van der Waals surface area contributed by atoms with E-state index in [0.29, 0.717) is 17.9 Å². The molecule has 0 aliphatic rings. The third kappa shape index (κ3) is 5.31. The average Bonchev–Trinajstić information content (AvgIpc) is 2.56. The van der Waals surface area contributed by atoms with Crippen molar-refractivity contribution in [3.8, 4) is 11.5 Å². The zero-order valence-electron chi connectivity index (χ0n) is 13.7. The predicted molar refractivity (Wildman–Crippen MR) is 94.7 cm³/mol. The molecule has 0 saturated carbocycles. The lowest BCUT2D eigenvalue weighted by molar-refractivity contribution is -0.119. The maximum atomic E-state index is 11.7. The highest BCUT2D eigenvalue weighted by Crippen LogP contribution is 2.22. The van der Waals surface area contributed by atoms with Crippen LogP contribution in [0.3, 0.4) is 0 Å². The summed E-state index contributed by atoms with van der Waals surface area (Å²) < 4.78 is 5.28. The van der Waals surface area contributed by atoms with Crippen LogP contribution in [-0.2, 0) is 4.79 Å². The number of nitrogens with one attached hydrogen (secondary N) is 2. The van der Waals surface area contributed by atoms with Gasteiger partial charge in [-0.05, 0) is 38.1 Å².